The maximum Gasteiger partial charge on any atom is 0.151 e. The van der Waals surface area contributed by atoms with Gasteiger partial charge in [0.05, 0.1) is 6.54 Å². The van der Waals surface area contributed by atoms with Crippen LogP contribution in [0.1, 0.15) is 32.0 Å². The van der Waals surface area contributed by atoms with Crippen LogP contribution < -0.4 is 5.32 Å². The highest BCUT2D eigenvalue weighted by atomic mass is 35.5. The fraction of sp³-hybridized carbons (Fsp3) is 0.500. The van der Waals surface area contributed by atoms with E-state index in [1.54, 1.807) is 6.33 Å². The van der Waals surface area contributed by atoms with Gasteiger partial charge in [-0.25, -0.2) is 0 Å². The molecule has 2 aromatic rings. The van der Waals surface area contributed by atoms with Gasteiger partial charge in [-0.05, 0) is 44.2 Å². The normalized spacial score (nSPS) is 20.8. The number of para-hydroxylation sites is 1. The average molecular weight is 339 g/mol. The molecule has 4 nitrogen and oxygen atoms in total. The first-order valence-corrected chi connectivity index (χ1v) is 8.37. The number of hydrogen-bond donors (Lipinski definition) is 1. The third-order valence-corrected chi connectivity index (χ3v) is 5.09. The van der Waals surface area contributed by atoms with E-state index in [4.69, 9.17) is 23.2 Å². The lowest BCUT2D eigenvalue weighted by Gasteiger charge is -2.14. The Morgan fingerprint density at radius 1 is 1.36 bits per heavy atom. The largest absolute Gasteiger partial charge is 0.307 e. The zero-order valence-corrected chi connectivity index (χ0v) is 14.1. The van der Waals surface area contributed by atoms with Crippen molar-refractivity contribution in [2.75, 3.05) is 0 Å². The maximum absolute atomic E-state index is 6.06. The van der Waals surface area contributed by atoms with Crippen molar-refractivity contribution in [3.8, 4) is 5.69 Å². The molecule has 1 saturated carbocycles. The first-order valence-electron chi connectivity index (χ1n) is 7.62. The predicted octanol–water partition coefficient (Wildman–Crippen LogP) is 3.72. The number of rotatable bonds is 7. The summed E-state index contributed by atoms with van der Waals surface area (Å²) in [7, 11) is 0. The van der Waals surface area contributed by atoms with Crippen molar-refractivity contribution in [3.63, 3.8) is 0 Å². The molecule has 1 heterocycles. The number of nitrogens with zero attached hydrogens (tertiary/aromatic N) is 3. The van der Waals surface area contributed by atoms with Crippen LogP contribution in [0.15, 0.2) is 36.7 Å². The van der Waals surface area contributed by atoms with Crippen molar-refractivity contribution in [3.05, 3.63) is 42.5 Å². The Balaban J connectivity index is 1.51. The summed E-state index contributed by atoms with van der Waals surface area (Å²) in [4.78, 5) is 0. The molecule has 1 aromatic carbocycles. The van der Waals surface area contributed by atoms with E-state index in [2.05, 4.69) is 22.4 Å². The summed E-state index contributed by atoms with van der Waals surface area (Å²) in [5.74, 6) is 1.36. The van der Waals surface area contributed by atoms with Crippen molar-refractivity contribution in [2.24, 2.45) is 5.92 Å². The lowest BCUT2D eigenvalue weighted by atomic mass is 10.1. The molecule has 0 spiro atoms. The quantitative estimate of drug-likeness (QED) is 0.782. The van der Waals surface area contributed by atoms with E-state index in [0.29, 0.717) is 18.5 Å². The van der Waals surface area contributed by atoms with Gasteiger partial charge >= 0.3 is 0 Å². The van der Waals surface area contributed by atoms with Crippen LogP contribution in [-0.4, -0.2) is 25.1 Å². The van der Waals surface area contributed by atoms with Crippen LogP contribution >= 0.6 is 23.2 Å². The number of halogens is 2. The van der Waals surface area contributed by atoms with E-state index in [1.807, 2.05) is 34.9 Å². The van der Waals surface area contributed by atoms with Crippen LogP contribution in [0, 0.1) is 5.92 Å². The molecule has 1 aliphatic rings. The molecule has 0 aliphatic heterocycles. The molecule has 0 radical (unpaired) electrons. The summed E-state index contributed by atoms with van der Waals surface area (Å²) >= 11 is 12.1. The van der Waals surface area contributed by atoms with Gasteiger partial charge in [-0.1, -0.05) is 18.2 Å². The Kier molecular flexibility index (Phi) is 4.71. The Bertz CT molecular complexity index is 612. The van der Waals surface area contributed by atoms with Gasteiger partial charge in [0, 0.05) is 11.7 Å². The molecular weight excluding hydrogens is 319 g/mol. The van der Waals surface area contributed by atoms with Gasteiger partial charge in [0.25, 0.3) is 0 Å². The second-order valence-corrected chi connectivity index (χ2v) is 7.52. The predicted molar refractivity (Wildman–Crippen MR) is 89.4 cm³/mol. The highest BCUT2D eigenvalue weighted by Crippen LogP contribution is 2.55. The van der Waals surface area contributed by atoms with Crippen molar-refractivity contribution in [1.82, 2.24) is 20.1 Å². The zero-order valence-electron chi connectivity index (χ0n) is 12.5. The highest BCUT2D eigenvalue weighted by Gasteiger charge is 2.50. The van der Waals surface area contributed by atoms with Crippen LogP contribution in [0.5, 0.6) is 0 Å². The SMILES string of the molecule is CC(CCC1CC1(Cl)Cl)NCc1nncn1-c1ccccc1. The molecule has 3 rings (SSSR count). The Labute approximate surface area is 140 Å². The van der Waals surface area contributed by atoms with E-state index in [-0.39, 0.29) is 0 Å². The van der Waals surface area contributed by atoms with Crippen molar-refractivity contribution >= 4 is 23.2 Å². The van der Waals surface area contributed by atoms with E-state index >= 15 is 0 Å². The maximum atomic E-state index is 6.06. The summed E-state index contributed by atoms with van der Waals surface area (Å²) in [6.45, 7) is 2.86. The second-order valence-electron chi connectivity index (χ2n) is 5.97. The van der Waals surface area contributed by atoms with Gasteiger partial charge < -0.3 is 5.32 Å². The van der Waals surface area contributed by atoms with E-state index in [0.717, 1.165) is 30.8 Å². The summed E-state index contributed by atoms with van der Waals surface area (Å²) in [6.07, 6.45) is 4.79. The van der Waals surface area contributed by atoms with Crippen LogP contribution in [0.25, 0.3) is 5.69 Å². The third-order valence-electron chi connectivity index (χ3n) is 4.17. The molecule has 2 atom stereocenters. The minimum atomic E-state index is -0.465. The van der Waals surface area contributed by atoms with Crippen molar-refractivity contribution in [1.29, 1.82) is 0 Å². The van der Waals surface area contributed by atoms with Gasteiger partial charge in [0.1, 0.15) is 10.7 Å². The minimum absolute atomic E-state index is 0.394. The van der Waals surface area contributed by atoms with Gasteiger partial charge in [-0.3, -0.25) is 4.57 Å². The summed E-state index contributed by atoms with van der Waals surface area (Å²) in [6, 6.07) is 10.5. The van der Waals surface area contributed by atoms with Crippen molar-refractivity contribution in [2.45, 2.75) is 43.1 Å². The van der Waals surface area contributed by atoms with Gasteiger partial charge in [-0.15, -0.1) is 33.4 Å². The first-order chi connectivity index (χ1) is 10.6. The topological polar surface area (TPSA) is 42.7 Å². The van der Waals surface area contributed by atoms with Crippen LogP contribution in [0.3, 0.4) is 0 Å². The second kappa shape index (κ2) is 6.57. The number of hydrogen-bond acceptors (Lipinski definition) is 3. The molecular formula is C16H20Cl2N4. The standard InChI is InChI=1S/C16H20Cl2N4/c1-12(7-8-13-9-16(13,17)18)19-10-15-21-20-11-22(15)14-5-3-2-4-6-14/h2-6,11-13,19H,7-10H2,1H3. The zero-order chi connectivity index (χ0) is 15.6. The van der Waals surface area contributed by atoms with Crippen LogP contribution in [0.2, 0.25) is 0 Å². The Hall–Kier alpha value is -1.10. The molecule has 1 aromatic heterocycles. The van der Waals surface area contributed by atoms with Gasteiger partial charge in [0.2, 0.25) is 0 Å². The lowest BCUT2D eigenvalue weighted by molar-refractivity contribution is 0.473. The fourth-order valence-corrected chi connectivity index (χ4v) is 3.18. The lowest BCUT2D eigenvalue weighted by Crippen LogP contribution is -2.27. The summed E-state index contributed by atoms with van der Waals surface area (Å²) < 4.78 is 1.54. The number of aromatic nitrogens is 3. The van der Waals surface area contributed by atoms with Gasteiger partial charge in [-0.2, -0.15) is 0 Å². The monoisotopic (exact) mass is 338 g/mol. The third kappa shape index (κ3) is 3.80. The smallest absolute Gasteiger partial charge is 0.151 e. The van der Waals surface area contributed by atoms with Gasteiger partial charge in [0.15, 0.2) is 5.82 Å². The highest BCUT2D eigenvalue weighted by molar-refractivity contribution is 6.50. The molecule has 1 aliphatic carbocycles. The van der Waals surface area contributed by atoms with E-state index < -0.39 is 4.33 Å². The molecule has 2 unspecified atom stereocenters. The van der Waals surface area contributed by atoms with Crippen LogP contribution in [-0.2, 0) is 6.54 Å². The molecule has 22 heavy (non-hydrogen) atoms. The number of benzene rings is 1. The number of nitrogens with one attached hydrogen (secondary N) is 1. The van der Waals surface area contributed by atoms with Crippen molar-refractivity contribution < 1.29 is 0 Å². The molecule has 0 saturated heterocycles. The number of alkyl halides is 2. The Morgan fingerprint density at radius 2 is 2.09 bits per heavy atom. The summed E-state index contributed by atoms with van der Waals surface area (Å²) in [5, 5.41) is 11.7. The molecule has 6 heteroatoms. The van der Waals surface area contributed by atoms with Crippen LogP contribution in [0.4, 0.5) is 0 Å². The average Bonchev–Trinajstić information content (AvgIpc) is 2.92. The molecule has 0 amide bonds. The minimum Gasteiger partial charge on any atom is -0.307 e. The summed E-state index contributed by atoms with van der Waals surface area (Å²) in [5.41, 5.74) is 1.07. The fourth-order valence-electron chi connectivity index (χ4n) is 2.59. The van der Waals surface area contributed by atoms with E-state index in [9.17, 15) is 0 Å². The first kappa shape index (κ1) is 15.8. The molecule has 118 valence electrons. The molecule has 1 N–H and O–H groups in total. The van der Waals surface area contributed by atoms with E-state index in [1.165, 1.54) is 0 Å². The Morgan fingerprint density at radius 3 is 2.77 bits per heavy atom. The molecule has 1 fully saturated rings. The molecule has 0 bridgehead atoms.